The second kappa shape index (κ2) is 15.8. The zero-order valence-corrected chi connectivity index (χ0v) is 21.7. The summed E-state index contributed by atoms with van der Waals surface area (Å²) in [4.78, 5) is 5.08. The molecule has 6 aliphatic rings. The van der Waals surface area contributed by atoms with Crippen LogP contribution in [0.15, 0.2) is 0 Å². The first-order chi connectivity index (χ1) is 13.5. The Hall–Kier alpha value is 0.120. The summed E-state index contributed by atoms with van der Waals surface area (Å²) in [6.45, 7) is 19.3. The number of rotatable bonds is 1. The highest BCUT2D eigenvalue weighted by atomic mass is 35.5. The first-order valence-electron chi connectivity index (χ1n) is 10.7. The van der Waals surface area contributed by atoms with Gasteiger partial charge >= 0.3 is 0 Å². The highest BCUT2D eigenvalue weighted by Gasteiger charge is 2.46. The van der Waals surface area contributed by atoms with Crippen LogP contribution >= 0.6 is 11.6 Å². The molecule has 6 heterocycles. The van der Waals surface area contributed by atoms with Crippen molar-refractivity contribution in [3.8, 4) is 23.7 Å². The van der Waals surface area contributed by atoms with E-state index in [1.807, 2.05) is 0 Å². The monoisotopic (exact) mass is 499 g/mol. The van der Waals surface area contributed by atoms with Crippen LogP contribution in [-0.2, 0) is 0 Å². The maximum Gasteiger partial charge on any atom is 0.229 e. The van der Waals surface area contributed by atoms with Gasteiger partial charge in [0.05, 0.1) is 12.9 Å². The van der Waals surface area contributed by atoms with Crippen molar-refractivity contribution in [1.82, 2.24) is 9.80 Å². The van der Waals surface area contributed by atoms with Crippen LogP contribution in [0.4, 0.5) is 0 Å². The van der Waals surface area contributed by atoms with Gasteiger partial charge in [0.1, 0.15) is 57.4 Å². The first-order valence-corrected chi connectivity index (χ1v) is 11.8. The fourth-order valence-corrected chi connectivity index (χ4v) is 4.43. The van der Waals surface area contributed by atoms with Crippen molar-refractivity contribution < 1.29 is 45.4 Å². The molecule has 0 aromatic carbocycles. The number of hydrogen-bond acceptors (Lipinski definition) is 2. The molecule has 0 atom stereocenters. The standard InChI is InChI=1S/C12H22N2.C6H12N2.C4H5Cl2.2ClH/c1-3-4-5-6-14-10-7-13(2,8-11-14)9-12-14;1-2-8-5-3-7(1)4-6-8;5-3-1-2-4-6;;/h3,6-12H2,1-2H3;1-6H2;5H,3-4H2;2*1H/q+2;;+1;;/p-2. The summed E-state index contributed by atoms with van der Waals surface area (Å²) in [5.74, 6) is 12.7. The number of alkyl halides is 2. The van der Waals surface area contributed by atoms with Gasteiger partial charge in [0.25, 0.3) is 0 Å². The molecule has 0 radical (unpaired) electrons. The quantitative estimate of drug-likeness (QED) is 0.202. The lowest BCUT2D eigenvalue weighted by atomic mass is 10.1. The molecule has 0 unspecified atom stereocenters. The smallest absolute Gasteiger partial charge is 0.229 e. The van der Waals surface area contributed by atoms with Crippen molar-refractivity contribution in [3.05, 3.63) is 0 Å². The number of hydrogen-bond donors (Lipinski definition) is 0. The van der Waals surface area contributed by atoms with Gasteiger partial charge in [-0.15, -0.1) is 11.6 Å². The molecule has 4 bridgehead atoms. The highest BCUT2D eigenvalue weighted by molar-refractivity contribution is 6.19. The van der Waals surface area contributed by atoms with Gasteiger partial charge < -0.3 is 29.3 Å². The maximum atomic E-state index is 5.16. The van der Waals surface area contributed by atoms with E-state index in [0.717, 1.165) is 13.0 Å². The fourth-order valence-electron chi connectivity index (χ4n) is 4.23. The molecule has 174 valence electrons. The van der Waals surface area contributed by atoms with Crippen molar-refractivity contribution in [1.29, 1.82) is 0 Å². The lowest BCUT2D eigenvalue weighted by Gasteiger charge is -2.53. The molecule has 4 nitrogen and oxygen atoms in total. The average molecular weight is 501 g/mol. The Kier molecular flexibility index (Phi) is 15.9. The van der Waals surface area contributed by atoms with E-state index in [1.54, 1.807) is 0 Å². The van der Waals surface area contributed by atoms with Gasteiger partial charge in [-0.05, 0) is 11.8 Å². The Morgan fingerprint density at radius 1 is 0.767 bits per heavy atom. The topological polar surface area (TPSA) is 6.48 Å². The van der Waals surface area contributed by atoms with E-state index in [1.165, 1.54) is 87.5 Å². The molecule has 0 amide bonds. The third kappa shape index (κ3) is 10.2. The van der Waals surface area contributed by atoms with Crippen LogP contribution in [0, 0.1) is 35.3 Å². The number of quaternary nitrogens is 2. The molecule has 6 aliphatic heterocycles. The molecule has 0 aromatic heterocycles. The van der Waals surface area contributed by atoms with Crippen molar-refractivity contribution in [2.75, 3.05) is 104 Å². The first kappa shape index (κ1) is 30.1. The zero-order valence-electron chi connectivity index (χ0n) is 18.6. The third-order valence-electron chi connectivity index (χ3n) is 6.52. The van der Waals surface area contributed by atoms with Crippen molar-refractivity contribution >= 4 is 11.6 Å². The highest BCUT2D eigenvalue weighted by Crippen LogP contribution is 2.23. The zero-order chi connectivity index (χ0) is 20.3. The lowest BCUT2D eigenvalue weighted by Crippen LogP contribution is -3.00. The van der Waals surface area contributed by atoms with E-state index in [9.17, 15) is 0 Å². The number of piperazine rings is 6. The normalized spacial score (nSPS) is 32.1. The molecule has 0 saturated carbocycles. The van der Waals surface area contributed by atoms with Gasteiger partial charge in [-0.25, -0.2) is 0 Å². The van der Waals surface area contributed by atoms with E-state index in [2.05, 4.69) is 59.1 Å². The molecule has 30 heavy (non-hydrogen) atoms. The fraction of sp³-hybridized carbons (Fsp3) is 0.818. The summed E-state index contributed by atoms with van der Waals surface area (Å²) in [5.41, 5.74) is 0. The minimum absolute atomic E-state index is 0. The van der Waals surface area contributed by atoms with Crippen molar-refractivity contribution in [2.24, 2.45) is 0 Å². The molecule has 8 heteroatoms. The summed E-state index contributed by atoms with van der Waals surface area (Å²) in [6, 6.07) is 0. The van der Waals surface area contributed by atoms with Gasteiger partial charge in [0, 0.05) is 45.7 Å². The van der Waals surface area contributed by atoms with Crippen LogP contribution in [0.25, 0.3) is 0 Å². The molecule has 0 spiro atoms. The Morgan fingerprint density at radius 3 is 1.53 bits per heavy atom. The van der Waals surface area contributed by atoms with Crippen LogP contribution in [0.2, 0.25) is 0 Å². The van der Waals surface area contributed by atoms with Gasteiger partial charge in [-0.1, -0.05) is 18.8 Å². The van der Waals surface area contributed by atoms with Crippen LogP contribution in [0.5, 0.6) is 0 Å². The van der Waals surface area contributed by atoms with E-state index in [-0.39, 0.29) is 24.8 Å². The number of likely N-dealkylation sites (N-methyl/N-ethyl adjacent to an activating group) is 1. The summed E-state index contributed by atoms with van der Waals surface area (Å²) < 4.78 is 2.61. The van der Waals surface area contributed by atoms with E-state index < -0.39 is 0 Å². The number of nitrogens with zero attached hydrogens (tertiary/aromatic N) is 4. The molecule has 6 saturated heterocycles. The van der Waals surface area contributed by atoms with E-state index in [4.69, 9.17) is 11.6 Å². The van der Waals surface area contributed by atoms with Crippen molar-refractivity contribution in [2.45, 2.75) is 13.3 Å². The SMILES string of the molecule is C1CN2CCN1CC2.CCC#CC[N+]12CC[N+](C)(CC1)CC2.ClCC#CC[ClH+].[Cl-].[Cl-]. The maximum absolute atomic E-state index is 5.16. The van der Waals surface area contributed by atoms with Gasteiger partial charge in [0.2, 0.25) is 5.88 Å². The molecule has 6 fully saturated rings. The van der Waals surface area contributed by atoms with Crippen LogP contribution < -0.4 is 24.8 Å². The second-order valence-electron chi connectivity index (χ2n) is 8.48. The van der Waals surface area contributed by atoms with Gasteiger partial charge in [-0.3, -0.25) is 14.3 Å². The number of fused-ring (bicyclic) bond motifs is 6. The average Bonchev–Trinajstić information content (AvgIpc) is 2.76. The number of halogens is 4. The summed E-state index contributed by atoms with van der Waals surface area (Å²) >= 11 is 9.65. The molecule has 0 aliphatic carbocycles. The largest absolute Gasteiger partial charge is 1.00 e. The molecule has 0 N–H and O–H groups in total. The molecule has 0 aromatic rings. The van der Waals surface area contributed by atoms with Gasteiger partial charge in [0.15, 0.2) is 0 Å². The minimum Gasteiger partial charge on any atom is -1.00 e. The third-order valence-corrected chi connectivity index (χ3v) is 6.80. The Morgan fingerprint density at radius 2 is 1.23 bits per heavy atom. The Labute approximate surface area is 207 Å². The summed E-state index contributed by atoms with van der Waals surface area (Å²) in [5, 5.41) is 0. The predicted molar refractivity (Wildman–Crippen MR) is 116 cm³/mol. The second-order valence-corrected chi connectivity index (χ2v) is 9.04. The molecular weight excluding hydrogens is 462 g/mol. The lowest BCUT2D eigenvalue weighted by molar-refractivity contribution is -1.07. The van der Waals surface area contributed by atoms with Gasteiger partial charge in [-0.2, -0.15) is 0 Å². The Balaban J connectivity index is 0.000000451. The van der Waals surface area contributed by atoms with Crippen LogP contribution in [0.1, 0.15) is 13.3 Å². The Bertz CT molecular complexity index is 530. The molecule has 6 rings (SSSR count). The molecular formula is C22H39Cl4N4+. The van der Waals surface area contributed by atoms with Crippen LogP contribution in [-0.4, -0.2) is 123 Å². The summed E-state index contributed by atoms with van der Waals surface area (Å²) in [6.07, 6.45) is 1.01. The minimum atomic E-state index is 0. The van der Waals surface area contributed by atoms with E-state index >= 15 is 0 Å². The predicted octanol–water partition coefficient (Wildman–Crippen LogP) is -5.17. The van der Waals surface area contributed by atoms with Crippen LogP contribution in [0.3, 0.4) is 0 Å². The van der Waals surface area contributed by atoms with Crippen molar-refractivity contribution in [3.63, 3.8) is 0 Å². The summed E-state index contributed by atoms with van der Waals surface area (Å²) in [7, 11) is 2.41. The van der Waals surface area contributed by atoms with E-state index in [0.29, 0.717) is 11.8 Å².